The average Bonchev–Trinajstić information content (AvgIpc) is 2.61. The Bertz CT molecular complexity index is 413. The first-order chi connectivity index (χ1) is 7.50. The standard InChI is InChI=1S/C11H15NO3S/c1-6(2)7-4-12(3)9-8(15-7)5-16-10(9)11(13)14/h5-7H,4H2,1-3H3,(H,13,14). The van der Waals surface area contributed by atoms with Crippen molar-refractivity contribution in [2.24, 2.45) is 5.92 Å². The van der Waals surface area contributed by atoms with Crippen molar-refractivity contribution in [1.82, 2.24) is 0 Å². The van der Waals surface area contributed by atoms with Crippen LogP contribution < -0.4 is 9.64 Å². The number of nitrogens with zero attached hydrogens (tertiary/aromatic N) is 1. The van der Waals surface area contributed by atoms with Crippen LogP contribution in [0.4, 0.5) is 5.69 Å². The third-order valence-corrected chi connectivity index (χ3v) is 3.72. The van der Waals surface area contributed by atoms with Crippen LogP contribution in [0.25, 0.3) is 0 Å². The normalized spacial score (nSPS) is 19.5. The number of rotatable bonds is 2. The van der Waals surface area contributed by atoms with E-state index in [4.69, 9.17) is 9.84 Å². The predicted octanol–water partition coefficient (Wildman–Crippen LogP) is 2.30. The second-order valence-corrected chi connectivity index (χ2v) is 5.24. The second-order valence-electron chi connectivity index (χ2n) is 4.36. The number of anilines is 1. The highest BCUT2D eigenvalue weighted by Gasteiger charge is 2.31. The van der Waals surface area contributed by atoms with Gasteiger partial charge >= 0.3 is 5.97 Å². The fraction of sp³-hybridized carbons (Fsp3) is 0.545. The molecule has 0 aliphatic carbocycles. The minimum absolute atomic E-state index is 0.133. The number of carbonyl (C=O) groups is 1. The van der Waals surface area contributed by atoms with Gasteiger partial charge in [0.1, 0.15) is 16.7 Å². The van der Waals surface area contributed by atoms with Gasteiger partial charge in [0.2, 0.25) is 0 Å². The van der Waals surface area contributed by atoms with E-state index in [1.165, 1.54) is 11.3 Å². The summed E-state index contributed by atoms with van der Waals surface area (Å²) < 4.78 is 5.80. The Kier molecular flexibility index (Phi) is 2.80. The first kappa shape index (κ1) is 11.3. The Morgan fingerprint density at radius 1 is 1.69 bits per heavy atom. The quantitative estimate of drug-likeness (QED) is 0.863. The molecular formula is C11H15NO3S. The third kappa shape index (κ3) is 1.75. The molecule has 1 aromatic heterocycles. The van der Waals surface area contributed by atoms with Gasteiger partial charge in [0, 0.05) is 12.4 Å². The Labute approximate surface area is 98.4 Å². The van der Waals surface area contributed by atoms with Crippen LogP contribution >= 0.6 is 11.3 Å². The van der Waals surface area contributed by atoms with Crippen molar-refractivity contribution < 1.29 is 14.6 Å². The van der Waals surface area contributed by atoms with E-state index < -0.39 is 5.97 Å². The topological polar surface area (TPSA) is 49.8 Å². The van der Waals surface area contributed by atoms with Crippen LogP contribution in [0.1, 0.15) is 23.5 Å². The Morgan fingerprint density at radius 3 is 2.94 bits per heavy atom. The molecule has 0 amide bonds. The lowest BCUT2D eigenvalue weighted by Crippen LogP contribution is -2.40. The fourth-order valence-electron chi connectivity index (χ4n) is 1.84. The van der Waals surface area contributed by atoms with Crippen molar-refractivity contribution in [2.45, 2.75) is 20.0 Å². The molecule has 0 radical (unpaired) electrons. The van der Waals surface area contributed by atoms with Gasteiger partial charge in [0.25, 0.3) is 0 Å². The largest absolute Gasteiger partial charge is 0.485 e. The van der Waals surface area contributed by atoms with Crippen molar-refractivity contribution in [2.75, 3.05) is 18.5 Å². The molecule has 1 N–H and O–H groups in total. The van der Waals surface area contributed by atoms with Crippen LogP contribution in [0.2, 0.25) is 0 Å². The molecule has 0 saturated heterocycles. The zero-order valence-electron chi connectivity index (χ0n) is 9.56. The number of fused-ring (bicyclic) bond motifs is 1. The molecule has 2 rings (SSSR count). The van der Waals surface area contributed by atoms with Crippen LogP contribution in [-0.2, 0) is 0 Å². The van der Waals surface area contributed by atoms with E-state index in [0.29, 0.717) is 16.5 Å². The minimum atomic E-state index is -0.885. The summed E-state index contributed by atoms with van der Waals surface area (Å²) in [6.07, 6.45) is 0.133. The maximum atomic E-state index is 11.0. The summed E-state index contributed by atoms with van der Waals surface area (Å²) in [5, 5.41) is 10.8. The number of likely N-dealkylation sites (N-methyl/N-ethyl adjacent to an activating group) is 1. The summed E-state index contributed by atoms with van der Waals surface area (Å²) in [7, 11) is 1.91. The molecular weight excluding hydrogens is 226 g/mol. The van der Waals surface area contributed by atoms with Gasteiger partial charge in [-0.25, -0.2) is 4.79 Å². The van der Waals surface area contributed by atoms with Gasteiger partial charge in [0.05, 0.1) is 6.54 Å². The van der Waals surface area contributed by atoms with Gasteiger partial charge in [0.15, 0.2) is 5.75 Å². The highest BCUT2D eigenvalue weighted by Crippen LogP contribution is 2.41. The molecule has 0 bridgehead atoms. The molecule has 2 heterocycles. The molecule has 5 heteroatoms. The molecule has 4 nitrogen and oxygen atoms in total. The van der Waals surface area contributed by atoms with Crippen molar-refractivity contribution >= 4 is 23.0 Å². The number of hydrogen-bond donors (Lipinski definition) is 1. The van der Waals surface area contributed by atoms with E-state index >= 15 is 0 Å². The van der Waals surface area contributed by atoms with Crippen LogP contribution in [0.5, 0.6) is 5.75 Å². The lowest BCUT2D eigenvalue weighted by molar-refractivity contribution is 0.0701. The number of carboxylic acid groups (broad SMARTS) is 1. The summed E-state index contributed by atoms with van der Waals surface area (Å²) in [6.45, 7) is 4.95. The Morgan fingerprint density at radius 2 is 2.38 bits per heavy atom. The highest BCUT2D eigenvalue weighted by molar-refractivity contribution is 7.13. The summed E-state index contributed by atoms with van der Waals surface area (Å²) in [6, 6.07) is 0. The van der Waals surface area contributed by atoms with Crippen LogP contribution in [0.3, 0.4) is 0 Å². The summed E-state index contributed by atoms with van der Waals surface area (Å²) in [5.41, 5.74) is 0.717. The van der Waals surface area contributed by atoms with Crippen LogP contribution in [0.15, 0.2) is 5.38 Å². The zero-order chi connectivity index (χ0) is 11.9. The van der Waals surface area contributed by atoms with Gasteiger partial charge in [-0.2, -0.15) is 0 Å². The van der Waals surface area contributed by atoms with Crippen molar-refractivity contribution in [1.29, 1.82) is 0 Å². The fourth-order valence-corrected chi connectivity index (χ4v) is 2.70. The second kappa shape index (κ2) is 3.97. The van der Waals surface area contributed by atoms with Crippen molar-refractivity contribution in [3.8, 4) is 5.75 Å². The van der Waals surface area contributed by atoms with E-state index in [2.05, 4.69) is 13.8 Å². The van der Waals surface area contributed by atoms with Crippen molar-refractivity contribution in [3.63, 3.8) is 0 Å². The SMILES string of the molecule is CC(C)C1CN(C)c2c(csc2C(=O)O)O1. The van der Waals surface area contributed by atoms with E-state index in [1.807, 2.05) is 11.9 Å². The van der Waals surface area contributed by atoms with E-state index in [1.54, 1.807) is 5.38 Å². The molecule has 1 atom stereocenters. The lowest BCUT2D eigenvalue weighted by atomic mass is 10.1. The van der Waals surface area contributed by atoms with Crippen LogP contribution in [0, 0.1) is 5.92 Å². The monoisotopic (exact) mass is 241 g/mol. The summed E-state index contributed by atoms with van der Waals surface area (Å²) >= 11 is 1.22. The number of carboxylic acids is 1. The molecule has 0 spiro atoms. The smallest absolute Gasteiger partial charge is 0.348 e. The van der Waals surface area contributed by atoms with E-state index in [9.17, 15) is 4.79 Å². The molecule has 0 saturated carbocycles. The lowest BCUT2D eigenvalue weighted by Gasteiger charge is -2.34. The number of aromatic carboxylic acids is 1. The van der Waals surface area contributed by atoms with Gasteiger partial charge in [-0.05, 0) is 5.92 Å². The summed E-state index contributed by atoms with van der Waals surface area (Å²) in [5.74, 6) is 0.239. The Hall–Kier alpha value is -1.23. The molecule has 1 aliphatic rings. The Balaban J connectivity index is 2.36. The molecule has 88 valence electrons. The molecule has 1 aromatic rings. The first-order valence-electron chi connectivity index (χ1n) is 5.23. The van der Waals surface area contributed by atoms with E-state index in [0.717, 1.165) is 12.2 Å². The molecule has 1 unspecified atom stereocenters. The minimum Gasteiger partial charge on any atom is -0.485 e. The third-order valence-electron chi connectivity index (χ3n) is 2.78. The van der Waals surface area contributed by atoms with Gasteiger partial charge in [-0.3, -0.25) is 0 Å². The first-order valence-corrected chi connectivity index (χ1v) is 6.11. The summed E-state index contributed by atoms with van der Waals surface area (Å²) in [4.78, 5) is 13.4. The number of ether oxygens (including phenoxy) is 1. The number of hydrogen-bond acceptors (Lipinski definition) is 4. The van der Waals surface area contributed by atoms with E-state index in [-0.39, 0.29) is 6.10 Å². The number of thiophene rings is 1. The van der Waals surface area contributed by atoms with Crippen molar-refractivity contribution in [3.05, 3.63) is 10.3 Å². The van der Waals surface area contributed by atoms with Gasteiger partial charge in [-0.15, -0.1) is 11.3 Å². The maximum Gasteiger partial charge on any atom is 0.348 e. The molecule has 1 aliphatic heterocycles. The maximum absolute atomic E-state index is 11.0. The zero-order valence-corrected chi connectivity index (χ0v) is 10.4. The van der Waals surface area contributed by atoms with Gasteiger partial charge < -0.3 is 14.7 Å². The predicted molar refractivity (Wildman–Crippen MR) is 63.8 cm³/mol. The highest BCUT2D eigenvalue weighted by atomic mass is 32.1. The van der Waals surface area contributed by atoms with Crippen LogP contribution in [-0.4, -0.2) is 30.8 Å². The molecule has 16 heavy (non-hydrogen) atoms. The van der Waals surface area contributed by atoms with Gasteiger partial charge in [-0.1, -0.05) is 13.8 Å². The molecule has 0 fully saturated rings. The average molecular weight is 241 g/mol. The molecule has 0 aromatic carbocycles.